The van der Waals surface area contributed by atoms with Crippen molar-refractivity contribution in [3.05, 3.63) is 28.3 Å². The zero-order valence-electron chi connectivity index (χ0n) is 14.7. The molecule has 1 heterocycles. The van der Waals surface area contributed by atoms with Crippen molar-refractivity contribution in [2.45, 2.75) is 33.2 Å². The molecule has 1 aromatic carbocycles. The monoisotopic (exact) mass is 336 g/mol. The Morgan fingerprint density at radius 3 is 2.54 bits per heavy atom. The third kappa shape index (κ3) is 4.23. The highest BCUT2D eigenvalue weighted by Crippen LogP contribution is 2.29. The van der Waals surface area contributed by atoms with E-state index in [1.165, 1.54) is 36.6 Å². The second-order valence-electron chi connectivity index (χ2n) is 6.87. The van der Waals surface area contributed by atoms with Gasteiger partial charge in [0.25, 0.3) is 11.6 Å². The average Bonchev–Trinajstić information content (AvgIpc) is 2.53. The Morgan fingerprint density at radius 1 is 1.38 bits per heavy atom. The van der Waals surface area contributed by atoms with Gasteiger partial charge in [0.15, 0.2) is 6.04 Å². The molecule has 2 rings (SSSR count). The summed E-state index contributed by atoms with van der Waals surface area (Å²) in [5.74, 6) is 1.40. The lowest BCUT2D eigenvalue weighted by Crippen LogP contribution is -3.18. The Hall–Kier alpha value is -2.15. The number of amides is 1. The topological polar surface area (TPSA) is 85.9 Å². The molecule has 132 valence electrons. The summed E-state index contributed by atoms with van der Waals surface area (Å²) >= 11 is 0. The van der Waals surface area contributed by atoms with E-state index in [-0.39, 0.29) is 17.6 Å². The predicted molar refractivity (Wildman–Crippen MR) is 91.4 cm³/mol. The van der Waals surface area contributed by atoms with Crippen molar-refractivity contribution in [3.63, 3.8) is 0 Å². The number of quaternary nitrogens is 1. The molecule has 0 aromatic heterocycles. The van der Waals surface area contributed by atoms with Gasteiger partial charge in [-0.2, -0.15) is 0 Å². The summed E-state index contributed by atoms with van der Waals surface area (Å²) in [4.78, 5) is 24.2. The highest BCUT2D eigenvalue weighted by Gasteiger charge is 2.32. The molecule has 0 aliphatic carbocycles. The number of ether oxygens (including phenoxy) is 1. The van der Waals surface area contributed by atoms with Crippen LogP contribution >= 0.6 is 0 Å². The van der Waals surface area contributed by atoms with E-state index in [1.807, 2.05) is 6.92 Å². The lowest BCUT2D eigenvalue weighted by molar-refractivity contribution is -0.925. The number of nitrogens with one attached hydrogen (secondary N) is 2. The van der Waals surface area contributed by atoms with E-state index in [2.05, 4.69) is 19.2 Å². The second-order valence-corrected chi connectivity index (χ2v) is 6.87. The molecule has 0 radical (unpaired) electrons. The molecule has 1 aliphatic rings. The number of hydrogen-bond donors (Lipinski definition) is 2. The van der Waals surface area contributed by atoms with Crippen molar-refractivity contribution in [3.8, 4) is 5.75 Å². The first-order valence-electron chi connectivity index (χ1n) is 8.29. The minimum Gasteiger partial charge on any atom is -0.494 e. The SMILES string of the molecule is COc1cc([N+](=O)[O-])ccc1NC(=O)[C@H](C)[NH+]1C[C@@H](C)C[C@H](C)C1. The van der Waals surface area contributed by atoms with Gasteiger partial charge in [0.05, 0.1) is 36.9 Å². The quantitative estimate of drug-likeness (QED) is 0.630. The Kier molecular flexibility index (Phi) is 5.77. The lowest BCUT2D eigenvalue weighted by Gasteiger charge is -2.35. The van der Waals surface area contributed by atoms with E-state index in [1.54, 1.807) is 0 Å². The molecule has 3 atom stereocenters. The Bertz CT molecular complexity index is 610. The third-order valence-electron chi connectivity index (χ3n) is 4.69. The molecule has 1 amide bonds. The number of carbonyl (C=O) groups excluding carboxylic acids is 1. The second kappa shape index (κ2) is 7.61. The molecule has 7 nitrogen and oxygen atoms in total. The maximum absolute atomic E-state index is 12.6. The summed E-state index contributed by atoms with van der Waals surface area (Å²) in [5, 5.41) is 13.7. The number of likely N-dealkylation sites (tertiary alicyclic amines) is 1. The fourth-order valence-corrected chi connectivity index (χ4v) is 3.51. The van der Waals surface area contributed by atoms with Crippen molar-refractivity contribution >= 4 is 17.3 Å². The van der Waals surface area contributed by atoms with Crippen molar-refractivity contribution in [1.29, 1.82) is 0 Å². The first-order valence-corrected chi connectivity index (χ1v) is 8.29. The summed E-state index contributed by atoms with van der Waals surface area (Å²) in [7, 11) is 1.43. The Balaban J connectivity index is 2.09. The summed E-state index contributed by atoms with van der Waals surface area (Å²) in [5.41, 5.74) is 0.389. The van der Waals surface area contributed by atoms with Crippen LogP contribution < -0.4 is 15.0 Å². The van der Waals surface area contributed by atoms with Crippen LogP contribution in [0.5, 0.6) is 5.75 Å². The summed E-state index contributed by atoms with van der Waals surface area (Å²) in [6, 6.07) is 4.01. The number of non-ortho nitro benzene ring substituents is 1. The number of nitrogens with zero attached hydrogens (tertiary/aromatic N) is 1. The number of benzene rings is 1. The van der Waals surface area contributed by atoms with E-state index in [0.29, 0.717) is 23.3 Å². The molecule has 0 bridgehead atoms. The highest BCUT2D eigenvalue weighted by atomic mass is 16.6. The molecule has 1 aromatic rings. The molecular formula is C17H26N3O4+. The van der Waals surface area contributed by atoms with E-state index in [4.69, 9.17) is 4.74 Å². The van der Waals surface area contributed by atoms with Gasteiger partial charge in [0.2, 0.25) is 0 Å². The van der Waals surface area contributed by atoms with Crippen molar-refractivity contribution in [2.24, 2.45) is 11.8 Å². The first kappa shape index (κ1) is 18.2. The summed E-state index contributed by atoms with van der Waals surface area (Å²) < 4.78 is 5.17. The minimum absolute atomic E-state index is 0.0674. The van der Waals surface area contributed by atoms with Crippen LogP contribution in [0, 0.1) is 22.0 Å². The molecule has 7 heteroatoms. The first-order chi connectivity index (χ1) is 11.3. The molecule has 24 heavy (non-hydrogen) atoms. The van der Waals surface area contributed by atoms with Gasteiger partial charge in [-0.3, -0.25) is 14.9 Å². The fourth-order valence-electron chi connectivity index (χ4n) is 3.51. The van der Waals surface area contributed by atoms with Crippen LogP contribution in [0.25, 0.3) is 0 Å². The number of anilines is 1. The molecule has 0 unspecified atom stereocenters. The predicted octanol–water partition coefficient (Wildman–Crippen LogP) is 1.49. The molecule has 1 aliphatic heterocycles. The highest BCUT2D eigenvalue weighted by molar-refractivity contribution is 5.95. The molecule has 0 saturated carbocycles. The summed E-state index contributed by atoms with van der Waals surface area (Å²) in [6.45, 7) is 8.33. The number of carbonyl (C=O) groups is 1. The molecular weight excluding hydrogens is 310 g/mol. The van der Waals surface area contributed by atoms with Crippen molar-refractivity contribution < 1.29 is 19.4 Å². The van der Waals surface area contributed by atoms with Gasteiger partial charge in [-0.25, -0.2) is 0 Å². The number of hydrogen-bond acceptors (Lipinski definition) is 4. The lowest BCUT2D eigenvalue weighted by atomic mass is 9.91. The van der Waals surface area contributed by atoms with Crippen molar-refractivity contribution in [2.75, 3.05) is 25.5 Å². The van der Waals surface area contributed by atoms with Gasteiger partial charge in [0.1, 0.15) is 5.75 Å². The number of nitro benzene ring substituents is 1. The minimum atomic E-state index is -0.489. The van der Waals surface area contributed by atoms with Gasteiger partial charge < -0.3 is 15.0 Å². The van der Waals surface area contributed by atoms with Crippen molar-refractivity contribution in [1.82, 2.24) is 0 Å². The van der Waals surface area contributed by atoms with Crippen LogP contribution in [-0.4, -0.2) is 37.1 Å². The van der Waals surface area contributed by atoms with Crippen LogP contribution in [0.1, 0.15) is 27.2 Å². The van der Waals surface area contributed by atoms with Crippen LogP contribution in [0.4, 0.5) is 11.4 Å². The Labute approximate surface area is 142 Å². The zero-order valence-corrected chi connectivity index (χ0v) is 14.7. The van der Waals surface area contributed by atoms with E-state index in [9.17, 15) is 14.9 Å². The van der Waals surface area contributed by atoms with E-state index < -0.39 is 4.92 Å². The normalized spacial score (nSPS) is 24.9. The molecule has 1 saturated heterocycles. The van der Waals surface area contributed by atoms with Crippen LogP contribution in [0.15, 0.2) is 18.2 Å². The number of nitro groups is 1. The summed E-state index contributed by atoms with van der Waals surface area (Å²) in [6.07, 6.45) is 1.20. The van der Waals surface area contributed by atoms with Gasteiger partial charge in [-0.05, 0) is 19.4 Å². The fraction of sp³-hybridized carbons (Fsp3) is 0.588. The van der Waals surface area contributed by atoms with Crippen LogP contribution in [0.2, 0.25) is 0 Å². The van der Waals surface area contributed by atoms with Crippen LogP contribution in [-0.2, 0) is 4.79 Å². The molecule has 0 spiro atoms. The smallest absolute Gasteiger partial charge is 0.282 e. The molecule has 2 N–H and O–H groups in total. The van der Waals surface area contributed by atoms with Gasteiger partial charge >= 0.3 is 0 Å². The number of piperidine rings is 1. The molecule has 1 fully saturated rings. The third-order valence-corrected chi connectivity index (χ3v) is 4.69. The number of methoxy groups -OCH3 is 1. The van der Waals surface area contributed by atoms with E-state index in [0.717, 1.165) is 13.1 Å². The maximum Gasteiger partial charge on any atom is 0.282 e. The largest absolute Gasteiger partial charge is 0.494 e. The van der Waals surface area contributed by atoms with E-state index >= 15 is 0 Å². The maximum atomic E-state index is 12.6. The van der Waals surface area contributed by atoms with Gasteiger partial charge in [-0.1, -0.05) is 13.8 Å². The van der Waals surface area contributed by atoms with Crippen LogP contribution in [0.3, 0.4) is 0 Å². The average molecular weight is 336 g/mol. The Morgan fingerprint density at radius 2 is 2.00 bits per heavy atom. The standard InChI is InChI=1S/C17H25N3O4/c1-11-7-12(2)10-19(9-11)13(3)17(21)18-15-6-5-14(20(22)23)8-16(15)24-4/h5-6,8,11-13H,7,9-10H2,1-4H3,(H,18,21)/p+1/t11-,12-,13-/m0/s1. The number of rotatable bonds is 5. The van der Waals surface area contributed by atoms with Gasteiger partial charge in [-0.15, -0.1) is 0 Å². The zero-order chi connectivity index (χ0) is 17.9. The van der Waals surface area contributed by atoms with Gasteiger partial charge in [0, 0.05) is 17.9 Å².